The van der Waals surface area contributed by atoms with Gasteiger partial charge in [0.05, 0.1) is 12.3 Å². The van der Waals surface area contributed by atoms with Gasteiger partial charge in [-0.1, -0.05) is 12.7 Å². The van der Waals surface area contributed by atoms with Gasteiger partial charge in [0.2, 0.25) is 0 Å². The van der Waals surface area contributed by atoms with Crippen LogP contribution in [0.4, 0.5) is 0 Å². The van der Waals surface area contributed by atoms with Crippen LogP contribution in [0.5, 0.6) is 0 Å². The molecule has 2 rings (SSSR count). The number of hydrogen-bond acceptors (Lipinski definition) is 4. The summed E-state index contributed by atoms with van der Waals surface area (Å²) in [4.78, 5) is 16.2. The van der Waals surface area contributed by atoms with Gasteiger partial charge < -0.3 is 4.74 Å². The summed E-state index contributed by atoms with van der Waals surface area (Å²) in [5.74, 6) is -0.440. The van der Waals surface area contributed by atoms with Crippen molar-refractivity contribution in [2.24, 2.45) is 7.05 Å². The van der Waals surface area contributed by atoms with Gasteiger partial charge in [-0.15, -0.1) is 0 Å². The zero-order valence-corrected chi connectivity index (χ0v) is 11.9. The highest BCUT2D eigenvalue weighted by Crippen LogP contribution is 2.27. The van der Waals surface area contributed by atoms with Crippen molar-refractivity contribution in [3.05, 3.63) is 41.9 Å². The maximum absolute atomic E-state index is 11.9. The number of carbonyl (C=O) groups is 1. The van der Waals surface area contributed by atoms with E-state index in [1.54, 1.807) is 30.9 Å². The molecule has 0 aliphatic carbocycles. The highest BCUT2D eigenvalue weighted by Gasteiger charge is 2.21. The van der Waals surface area contributed by atoms with Gasteiger partial charge in [-0.2, -0.15) is 5.10 Å². The molecule has 5 heteroatoms. The molecule has 104 valence electrons. The quantitative estimate of drug-likeness (QED) is 0.802. The standard InChI is InChI=1S/C15H17N3O2/c1-5-12-13(15(19)20-6-2)17-18(4)14(12)11-8-7-10(3)16-9-11/h5,7-9H,1,6H2,2-4H3. The molecular weight excluding hydrogens is 254 g/mol. The molecule has 0 amide bonds. The monoisotopic (exact) mass is 271 g/mol. The van der Waals surface area contributed by atoms with Crippen molar-refractivity contribution in [3.63, 3.8) is 0 Å². The summed E-state index contributed by atoms with van der Waals surface area (Å²) in [6, 6.07) is 3.86. The number of aryl methyl sites for hydroxylation is 2. The maximum atomic E-state index is 11.9. The second-order valence-corrected chi connectivity index (χ2v) is 4.35. The minimum Gasteiger partial charge on any atom is -0.461 e. The van der Waals surface area contributed by atoms with Gasteiger partial charge in [-0.05, 0) is 26.0 Å². The van der Waals surface area contributed by atoms with Crippen LogP contribution < -0.4 is 0 Å². The number of aromatic nitrogens is 3. The predicted octanol–water partition coefficient (Wildman–Crippen LogP) is 2.61. The molecule has 0 saturated carbocycles. The minimum atomic E-state index is -0.440. The average Bonchev–Trinajstić information content (AvgIpc) is 2.77. The highest BCUT2D eigenvalue weighted by atomic mass is 16.5. The molecule has 2 heterocycles. The first-order chi connectivity index (χ1) is 9.58. The molecule has 2 aromatic rings. The smallest absolute Gasteiger partial charge is 0.359 e. The Morgan fingerprint density at radius 1 is 1.50 bits per heavy atom. The Labute approximate surface area is 117 Å². The van der Waals surface area contributed by atoms with Crippen molar-refractivity contribution in [2.75, 3.05) is 6.61 Å². The molecule has 0 unspecified atom stereocenters. The highest BCUT2D eigenvalue weighted by molar-refractivity contribution is 5.94. The molecule has 0 fully saturated rings. The van der Waals surface area contributed by atoms with Crippen LogP contribution in [0.3, 0.4) is 0 Å². The summed E-state index contributed by atoms with van der Waals surface area (Å²) in [6.07, 6.45) is 3.38. The summed E-state index contributed by atoms with van der Waals surface area (Å²) in [5.41, 5.74) is 3.56. The molecule has 0 bridgehead atoms. The Balaban J connectivity index is 2.56. The van der Waals surface area contributed by atoms with Crippen LogP contribution in [0.15, 0.2) is 24.9 Å². The molecule has 2 aromatic heterocycles. The number of pyridine rings is 1. The summed E-state index contributed by atoms with van der Waals surface area (Å²) >= 11 is 0. The fourth-order valence-electron chi connectivity index (χ4n) is 2.03. The Morgan fingerprint density at radius 3 is 2.80 bits per heavy atom. The number of esters is 1. The minimum absolute atomic E-state index is 0.278. The van der Waals surface area contributed by atoms with Gasteiger partial charge >= 0.3 is 5.97 Å². The molecule has 20 heavy (non-hydrogen) atoms. The number of carbonyl (C=O) groups excluding carboxylic acids is 1. The third kappa shape index (κ3) is 2.47. The van der Waals surface area contributed by atoms with Gasteiger partial charge in [-0.3, -0.25) is 9.67 Å². The number of ether oxygens (including phenoxy) is 1. The first-order valence-electron chi connectivity index (χ1n) is 6.38. The SMILES string of the molecule is C=Cc1c(C(=O)OCC)nn(C)c1-c1ccc(C)nc1. The van der Waals surface area contributed by atoms with E-state index < -0.39 is 5.97 Å². The molecular formula is C15H17N3O2. The fourth-order valence-corrected chi connectivity index (χ4v) is 2.03. The van der Waals surface area contributed by atoms with E-state index in [0.29, 0.717) is 12.2 Å². The van der Waals surface area contributed by atoms with Crippen molar-refractivity contribution >= 4 is 12.0 Å². The van der Waals surface area contributed by atoms with Gasteiger partial charge in [0.25, 0.3) is 0 Å². The summed E-state index contributed by atoms with van der Waals surface area (Å²) in [6.45, 7) is 7.77. The third-order valence-electron chi connectivity index (χ3n) is 2.94. The molecule has 0 atom stereocenters. The van der Waals surface area contributed by atoms with Crippen molar-refractivity contribution in [1.82, 2.24) is 14.8 Å². The van der Waals surface area contributed by atoms with Gasteiger partial charge in [0, 0.05) is 30.1 Å². The van der Waals surface area contributed by atoms with Crippen LogP contribution in [0.1, 0.15) is 28.7 Å². The first kappa shape index (κ1) is 14.0. The zero-order chi connectivity index (χ0) is 14.7. The van der Waals surface area contributed by atoms with Crippen molar-refractivity contribution in [1.29, 1.82) is 0 Å². The lowest BCUT2D eigenvalue weighted by Crippen LogP contribution is -2.07. The van der Waals surface area contributed by atoms with Crippen LogP contribution >= 0.6 is 0 Å². The Morgan fingerprint density at radius 2 is 2.25 bits per heavy atom. The fraction of sp³-hybridized carbons (Fsp3) is 0.267. The molecule has 0 aromatic carbocycles. The van der Waals surface area contributed by atoms with E-state index in [0.717, 1.165) is 17.0 Å². The maximum Gasteiger partial charge on any atom is 0.359 e. The van der Waals surface area contributed by atoms with E-state index in [2.05, 4.69) is 16.7 Å². The van der Waals surface area contributed by atoms with Gasteiger partial charge in [0.1, 0.15) is 0 Å². The first-order valence-corrected chi connectivity index (χ1v) is 6.38. The van der Waals surface area contributed by atoms with E-state index in [1.807, 2.05) is 19.1 Å². The molecule has 0 aliphatic heterocycles. The number of hydrogen-bond donors (Lipinski definition) is 0. The van der Waals surface area contributed by atoms with Crippen LogP contribution in [-0.2, 0) is 11.8 Å². The molecule has 0 spiro atoms. The van der Waals surface area contributed by atoms with Crippen LogP contribution in [-0.4, -0.2) is 27.3 Å². The predicted molar refractivity (Wildman–Crippen MR) is 77.2 cm³/mol. The summed E-state index contributed by atoms with van der Waals surface area (Å²) in [5, 5.41) is 4.24. The zero-order valence-electron chi connectivity index (χ0n) is 11.9. The summed E-state index contributed by atoms with van der Waals surface area (Å²) in [7, 11) is 1.78. The van der Waals surface area contributed by atoms with E-state index in [4.69, 9.17) is 4.74 Å². The molecule has 0 radical (unpaired) electrons. The molecule has 0 N–H and O–H groups in total. The topological polar surface area (TPSA) is 57.0 Å². The molecule has 0 saturated heterocycles. The van der Waals surface area contributed by atoms with E-state index in [9.17, 15) is 4.79 Å². The van der Waals surface area contributed by atoms with Crippen LogP contribution in [0.25, 0.3) is 17.3 Å². The molecule has 0 aliphatic rings. The lowest BCUT2D eigenvalue weighted by Gasteiger charge is -2.04. The number of rotatable bonds is 4. The van der Waals surface area contributed by atoms with Gasteiger partial charge in [-0.25, -0.2) is 4.79 Å². The normalized spacial score (nSPS) is 10.3. The van der Waals surface area contributed by atoms with Gasteiger partial charge in [0.15, 0.2) is 5.69 Å². The number of nitrogens with zero attached hydrogens (tertiary/aromatic N) is 3. The van der Waals surface area contributed by atoms with E-state index >= 15 is 0 Å². The Hall–Kier alpha value is -2.43. The Bertz CT molecular complexity index is 642. The van der Waals surface area contributed by atoms with Crippen molar-refractivity contribution < 1.29 is 9.53 Å². The average molecular weight is 271 g/mol. The largest absolute Gasteiger partial charge is 0.461 e. The van der Waals surface area contributed by atoms with Crippen LogP contribution in [0.2, 0.25) is 0 Å². The molecule has 5 nitrogen and oxygen atoms in total. The van der Waals surface area contributed by atoms with E-state index in [1.165, 1.54) is 0 Å². The second kappa shape index (κ2) is 5.69. The second-order valence-electron chi connectivity index (χ2n) is 4.35. The Kier molecular flexibility index (Phi) is 3.98. The lowest BCUT2D eigenvalue weighted by atomic mass is 10.1. The van der Waals surface area contributed by atoms with Crippen molar-refractivity contribution in [2.45, 2.75) is 13.8 Å². The van der Waals surface area contributed by atoms with Crippen LogP contribution in [0, 0.1) is 6.92 Å². The summed E-state index contributed by atoms with van der Waals surface area (Å²) < 4.78 is 6.66. The van der Waals surface area contributed by atoms with Crippen molar-refractivity contribution in [3.8, 4) is 11.3 Å². The lowest BCUT2D eigenvalue weighted by molar-refractivity contribution is 0.0518. The third-order valence-corrected chi connectivity index (χ3v) is 2.94. The van der Waals surface area contributed by atoms with E-state index in [-0.39, 0.29) is 5.69 Å².